The van der Waals surface area contributed by atoms with Gasteiger partial charge in [-0.3, -0.25) is 9.59 Å². The summed E-state index contributed by atoms with van der Waals surface area (Å²) in [5, 5.41) is 2.12. The Morgan fingerprint density at radius 2 is 1.89 bits per heavy atom. The van der Waals surface area contributed by atoms with E-state index in [1.807, 2.05) is 18.7 Å². The van der Waals surface area contributed by atoms with Crippen molar-refractivity contribution >= 4 is 23.2 Å². The van der Waals surface area contributed by atoms with Crippen LogP contribution in [-0.2, 0) is 16.0 Å². The number of aryl methyl sites for hydroxylation is 1. The van der Waals surface area contributed by atoms with Gasteiger partial charge < -0.3 is 9.80 Å². The lowest BCUT2D eigenvalue weighted by Crippen LogP contribution is -2.49. The third kappa shape index (κ3) is 3.72. The van der Waals surface area contributed by atoms with Gasteiger partial charge in [-0.25, -0.2) is 0 Å². The zero-order valence-electron chi connectivity index (χ0n) is 16.9. The highest BCUT2D eigenvalue weighted by Crippen LogP contribution is 2.38. The average molecular weight is 397 g/mol. The lowest BCUT2D eigenvalue weighted by molar-refractivity contribution is -0.143. The lowest BCUT2D eigenvalue weighted by atomic mass is 9.92. The summed E-state index contributed by atoms with van der Waals surface area (Å²) in [6, 6.07) is 10.6. The Kier molecular flexibility index (Phi) is 5.28. The fourth-order valence-electron chi connectivity index (χ4n) is 4.01. The normalized spacial score (nSPS) is 18.9. The zero-order chi connectivity index (χ0) is 19.8. The number of hydrogen-bond acceptors (Lipinski definition) is 3. The Balaban J connectivity index is 1.61. The van der Waals surface area contributed by atoms with Crippen molar-refractivity contribution in [2.75, 3.05) is 13.1 Å². The van der Waals surface area contributed by atoms with Crippen LogP contribution in [0.5, 0.6) is 0 Å². The van der Waals surface area contributed by atoms with Crippen LogP contribution in [0.25, 0.3) is 0 Å². The molecule has 1 aliphatic heterocycles. The van der Waals surface area contributed by atoms with Crippen molar-refractivity contribution in [1.82, 2.24) is 9.80 Å². The van der Waals surface area contributed by atoms with Gasteiger partial charge in [-0.05, 0) is 62.6 Å². The van der Waals surface area contributed by atoms with Gasteiger partial charge in [0.15, 0.2) is 0 Å². The topological polar surface area (TPSA) is 40.6 Å². The van der Waals surface area contributed by atoms with Crippen LogP contribution in [-0.4, -0.2) is 40.7 Å². The summed E-state index contributed by atoms with van der Waals surface area (Å²) < 4.78 is 0. The molecule has 4 rings (SSSR count). The van der Waals surface area contributed by atoms with Gasteiger partial charge in [0.25, 0.3) is 0 Å². The van der Waals surface area contributed by atoms with Gasteiger partial charge in [0, 0.05) is 23.4 Å². The van der Waals surface area contributed by atoms with E-state index in [0.29, 0.717) is 6.54 Å². The van der Waals surface area contributed by atoms with Crippen LogP contribution in [0.2, 0.25) is 0 Å². The number of carbonyl (C=O) groups is 2. The molecular formula is C23H28N2O2S. The van der Waals surface area contributed by atoms with Gasteiger partial charge in [0.1, 0.15) is 6.54 Å². The molecule has 148 valence electrons. The molecule has 1 fully saturated rings. The maximum Gasteiger partial charge on any atom is 0.243 e. The number of benzene rings is 1. The first-order valence-corrected chi connectivity index (χ1v) is 11.1. The van der Waals surface area contributed by atoms with Crippen molar-refractivity contribution in [1.29, 1.82) is 0 Å². The Hall–Kier alpha value is -2.14. The molecule has 1 atom stereocenters. The van der Waals surface area contributed by atoms with Crippen LogP contribution in [0.15, 0.2) is 35.7 Å². The SMILES string of the molecule is Cc1ccc([C@@H]2c3ccsc3CCN2C(=O)CN(C(=O)C2CC2)C(C)C)cc1. The molecule has 0 radical (unpaired) electrons. The molecule has 1 aliphatic carbocycles. The van der Waals surface area contributed by atoms with Crippen LogP contribution in [0, 0.1) is 12.8 Å². The molecule has 0 spiro atoms. The minimum atomic E-state index is -0.0619. The standard InChI is InChI=1S/C23H28N2O2S/c1-15(2)25(23(27)18-8-9-18)14-21(26)24-12-10-20-19(11-13-28-20)22(24)17-6-4-16(3)5-7-17/h4-7,11,13,15,18,22H,8-10,12,14H2,1-3H3/t22-/m1/s1. The first kappa shape index (κ1) is 19.2. The zero-order valence-corrected chi connectivity index (χ0v) is 17.7. The summed E-state index contributed by atoms with van der Waals surface area (Å²) in [6.07, 6.45) is 2.81. The molecule has 5 heteroatoms. The number of amides is 2. The molecule has 0 saturated heterocycles. The van der Waals surface area contributed by atoms with Crippen LogP contribution in [0.1, 0.15) is 54.3 Å². The van der Waals surface area contributed by atoms with E-state index in [2.05, 4.69) is 42.6 Å². The molecule has 2 heterocycles. The highest BCUT2D eigenvalue weighted by atomic mass is 32.1. The molecule has 1 saturated carbocycles. The summed E-state index contributed by atoms with van der Waals surface area (Å²) in [4.78, 5) is 31.2. The second-order valence-electron chi connectivity index (χ2n) is 8.28. The molecule has 2 aromatic rings. The van der Waals surface area contributed by atoms with Crippen molar-refractivity contribution in [3.05, 3.63) is 57.3 Å². The molecule has 4 nitrogen and oxygen atoms in total. The summed E-state index contributed by atoms with van der Waals surface area (Å²) >= 11 is 1.77. The molecule has 0 bridgehead atoms. The molecule has 0 N–H and O–H groups in total. The van der Waals surface area contributed by atoms with Crippen molar-refractivity contribution in [3.63, 3.8) is 0 Å². The van der Waals surface area contributed by atoms with Crippen LogP contribution < -0.4 is 0 Å². The number of nitrogens with zero attached hydrogens (tertiary/aromatic N) is 2. The number of rotatable bonds is 5. The van der Waals surface area contributed by atoms with E-state index in [9.17, 15) is 9.59 Å². The Labute approximate surface area is 171 Å². The van der Waals surface area contributed by atoms with E-state index in [-0.39, 0.29) is 36.4 Å². The quantitative estimate of drug-likeness (QED) is 0.761. The molecule has 2 amide bonds. The Morgan fingerprint density at radius 3 is 2.54 bits per heavy atom. The fourth-order valence-corrected chi connectivity index (χ4v) is 4.91. The third-order valence-corrected chi connectivity index (χ3v) is 6.81. The van der Waals surface area contributed by atoms with E-state index in [1.54, 1.807) is 16.2 Å². The van der Waals surface area contributed by atoms with Crippen molar-refractivity contribution in [2.45, 2.75) is 52.1 Å². The molecule has 1 aromatic heterocycles. The Morgan fingerprint density at radius 1 is 1.18 bits per heavy atom. The second-order valence-corrected chi connectivity index (χ2v) is 9.28. The number of fused-ring (bicyclic) bond motifs is 1. The predicted molar refractivity (Wildman–Crippen MR) is 112 cm³/mol. The van der Waals surface area contributed by atoms with Gasteiger partial charge in [-0.2, -0.15) is 0 Å². The smallest absolute Gasteiger partial charge is 0.243 e. The van der Waals surface area contributed by atoms with Crippen LogP contribution in [0.3, 0.4) is 0 Å². The van der Waals surface area contributed by atoms with E-state index < -0.39 is 0 Å². The monoisotopic (exact) mass is 396 g/mol. The molecule has 28 heavy (non-hydrogen) atoms. The number of thiophene rings is 1. The maximum atomic E-state index is 13.4. The minimum absolute atomic E-state index is 0.0383. The summed E-state index contributed by atoms with van der Waals surface area (Å²) in [6.45, 7) is 6.95. The highest BCUT2D eigenvalue weighted by Gasteiger charge is 2.38. The summed E-state index contributed by atoms with van der Waals surface area (Å²) in [5.41, 5.74) is 3.59. The molecule has 1 aromatic carbocycles. The van der Waals surface area contributed by atoms with Crippen LogP contribution >= 0.6 is 11.3 Å². The van der Waals surface area contributed by atoms with Gasteiger partial charge in [0.05, 0.1) is 6.04 Å². The van der Waals surface area contributed by atoms with Gasteiger partial charge in [-0.15, -0.1) is 11.3 Å². The highest BCUT2D eigenvalue weighted by molar-refractivity contribution is 7.10. The van der Waals surface area contributed by atoms with Gasteiger partial charge in [0.2, 0.25) is 11.8 Å². The molecule has 0 unspecified atom stereocenters. The predicted octanol–water partition coefficient (Wildman–Crippen LogP) is 4.18. The number of hydrogen-bond donors (Lipinski definition) is 0. The van der Waals surface area contributed by atoms with Crippen molar-refractivity contribution < 1.29 is 9.59 Å². The largest absolute Gasteiger partial charge is 0.331 e. The van der Waals surface area contributed by atoms with E-state index in [4.69, 9.17) is 0 Å². The summed E-state index contributed by atoms with van der Waals surface area (Å²) in [5.74, 6) is 0.321. The molecular weight excluding hydrogens is 368 g/mol. The first-order valence-electron chi connectivity index (χ1n) is 10.2. The average Bonchev–Trinajstić information content (AvgIpc) is 3.42. The molecule has 2 aliphatic rings. The lowest BCUT2D eigenvalue weighted by Gasteiger charge is -2.38. The number of carbonyl (C=O) groups excluding carboxylic acids is 2. The second kappa shape index (κ2) is 7.70. The van der Waals surface area contributed by atoms with Crippen molar-refractivity contribution in [3.8, 4) is 0 Å². The van der Waals surface area contributed by atoms with Gasteiger partial charge in [-0.1, -0.05) is 29.8 Å². The fraction of sp³-hybridized carbons (Fsp3) is 0.478. The minimum Gasteiger partial charge on any atom is -0.331 e. The van der Waals surface area contributed by atoms with E-state index >= 15 is 0 Å². The van der Waals surface area contributed by atoms with Crippen molar-refractivity contribution in [2.24, 2.45) is 5.92 Å². The summed E-state index contributed by atoms with van der Waals surface area (Å²) in [7, 11) is 0. The first-order chi connectivity index (χ1) is 13.5. The van der Waals surface area contributed by atoms with E-state index in [1.165, 1.54) is 16.0 Å². The van der Waals surface area contributed by atoms with Crippen LogP contribution in [0.4, 0.5) is 0 Å². The Bertz CT molecular complexity index is 867. The van der Waals surface area contributed by atoms with E-state index in [0.717, 1.165) is 24.8 Å². The third-order valence-electron chi connectivity index (χ3n) is 5.82. The van der Waals surface area contributed by atoms with Gasteiger partial charge >= 0.3 is 0 Å². The maximum absolute atomic E-state index is 13.4.